The van der Waals surface area contributed by atoms with Crippen LogP contribution >= 0.6 is 23.3 Å². The summed E-state index contributed by atoms with van der Waals surface area (Å²) in [6, 6.07) is 6.50. The Kier molecular flexibility index (Phi) is 5.65. The van der Waals surface area contributed by atoms with Gasteiger partial charge in [0.05, 0.1) is 34.3 Å². The Morgan fingerprint density at radius 3 is 2.76 bits per heavy atom. The lowest BCUT2D eigenvalue weighted by molar-refractivity contribution is 0.0865. The molecule has 1 heterocycles. The SMILES string of the molecule is Cc1ccc(Nc2c(NSC3(CC(O)CO)CC3)cc3scnc3c2F)c(F)c1. The molecule has 0 amide bonds. The number of hydrogen-bond acceptors (Lipinski definition) is 7. The summed E-state index contributed by atoms with van der Waals surface area (Å²) in [6.07, 6.45) is 1.44. The molecular formula is C20H21F2N3O2S2. The topological polar surface area (TPSA) is 77.4 Å². The molecule has 9 heteroatoms. The van der Waals surface area contributed by atoms with E-state index < -0.39 is 17.7 Å². The first-order chi connectivity index (χ1) is 13.9. The molecule has 0 saturated heterocycles. The Bertz CT molecular complexity index is 1040. The number of rotatable bonds is 8. The number of nitrogens with one attached hydrogen (secondary N) is 2. The largest absolute Gasteiger partial charge is 0.394 e. The molecule has 1 saturated carbocycles. The lowest BCUT2D eigenvalue weighted by atomic mass is 10.2. The maximum atomic E-state index is 15.2. The van der Waals surface area contributed by atoms with Gasteiger partial charge in [-0.05, 0) is 61.9 Å². The van der Waals surface area contributed by atoms with Crippen molar-refractivity contribution in [2.24, 2.45) is 0 Å². The van der Waals surface area contributed by atoms with Gasteiger partial charge < -0.3 is 20.3 Å². The third-order valence-electron chi connectivity index (χ3n) is 4.95. The summed E-state index contributed by atoms with van der Waals surface area (Å²) < 4.78 is 33.2. The van der Waals surface area contributed by atoms with Crippen LogP contribution in [0.4, 0.5) is 25.8 Å². The standard InChI is InChI=1S/C20H21F2N3O2S2/c1-11-2-3-14(13(21)6-11)24-18-15(7-16-19(17(18)22)23-10-28-16)25-29-20(4-5-20)8-12(27)9-26/h2-3,6-7,10,12,24-27H,4-5,8-9H2,1H3. The average Bonchev–Trinajstić information content (AvgIpc) is 3.28. The molecule has 1 atom stereocenters. The summed E-state index contributed by atoms with van der Waals surface area (Å²) in [5.41, 5.74) is 3.36. The number of aromatic nitrogens is 1. The summed E-state index contributed by atoms with van der Waals surface area (Å²) in [4.78, 5) is 4.08. The predicted octanol–water partition coefficient (Wildman–Crippen LogP) is 4.96. The number of thiazole rings is 1. The molecule has 5 nitrogen and oxygen atoms in total. The van der Waals surface area contributed by atoms with Crippen LogP contribution in [-0.4, -0.2) is 32.7 Å². The highest BCUT2D eigenvalue weighted by Crippen LogP contribution is 2.52. The summed E-state index contributed by atoms with van der Waals surface area (Å²) in [5, 5.41) is 21.8. The van der Waals surface area contributed by atoms with Gasteiger partial charge >= 0.3 is 0 Å². The third-order valence-corrected chi connectivity index (χ3v) is 7.06. The minimum Gasteiger partial charge on any atom is -0.394 e. The van der Waals surface area contributed by atoms with Crippen LogP contribution in [0, 0.1) is 18.6 Å². The summed E-state index contributed by atoms with van der Waals surface area (Å²) >= 11 is 2.72. The summed E-state index contributed by atoms with van der Waals surface area (Å²) in [5.74, 6) is -1.02. The fourth-order valence-electron chi connectivity index (χ4n) is 3.17. The number of anilines is 3. The number of nitrogens with zero attached hydrogens (tertiary/aromatic N) is 1. The van der Waals surface area contributed by atoms with Crippen molar-refractivity contribution in [3.05, 3.63) is 47.0 Å². The second kappa shape index (κ2) is 8.06. The van der Waals surface area contributed by atoms with Gasteiger partial charge in [-0.25, -0.2) is 13.8 Å². The fourth-order valence-corrected chi connectivity index (χ4v) is 4.95. The summed E-state index contributed by atoms with van der Waals surface area (Å²) in [6.45, 7) is 1.50. The van der Waals surface area contributed by atoms with E-state index in [1.54, 1.807) is 30.6 Å². The molecule has 0 bridgehead atoms. The van der Waals surface area contributed by atoms with Gasteiger partial charge in [0.25, 0.3) is 0 Å². The van der Waals surface area contributed by atoms with Crippen LogP contribution in [0.1, 0.15) is 24.8 Å². The molecule has 1 aliphatic carbocycles. The van der Waals surface area contributed by atoms with Crippen molar-refractivity contribution in [1.82, 2.24) is 4.98 Å². The number of aryl methyl sites for hydroxylation is 1. The highest BCUT2D eigenvalue weighted by molar-refractivity contribution is 8.02. The average molecular weight is 438 g/mol. The Labute approximate surface area is 175 Å². The molecule has 4 rings (SSSR count). The van der Waals surface area contributed by atoms with Crippen LogP contribution in [0.25, 0.3) is 10.2 Å². The van der Waals surface area contributed by atoms with Gasteiger partial charge in [0, 0.05) is 4.75 Å². The van der Waals surface area contributed by atoms with Gasteiger partial charge in [-0.1, -0.05) is 6.07 Å². The van der Waals surface area contributed by atoms with Crippen LogP contribution in [-0.2, 0) is 0 Å². The Morgan fingerprint density at radius 2 is 2.07 bits per heavy atom. The number of aliphatic hydroxyl groups is 2. The normalized spacial score (nSPS) is 16.0. The molecule has 2 aromatic carbocycles. The van der Waals surface area contributed by atoms with Crippen LogP contribution in [0.3, 0.4) is 0 Å². The van der Waals surface area contributed by atoms with Crippen LogP contribution < -0.4 is 10.0 Å². The Balaban J connectivity index is 1.64. The summed E-state index contributed by atoms with van der Waals surface area (Å²) in [7, 11) is 0. The number of halogens is 2. The first-order valence-electron chi connectivity index (χ1n) is 9.22. The minimum absolute atomic E-state index is 0.122. The van der Waals surface area contributed by atoms with Gasteiger partial charge in [0.1, 0.15) is 17.0 Å². The van der Waals surface area contributed by atoms with E-state index in [9.17, 15) is 9.50 Å². The molecule has 1 fully saturated rings. The van der Waals surface area contributed by atoms with E-state index in [0.717, 1.165) is 18.4 Å². The van der Waals surface area contributed by atoms with Crippen molar-refractivity contribution in [3.63, 3.8) is 0 Å². The van der Waals surface area contributed by atoms with Crippen molar-refractivity contribution >= 4 is 50.6 Å². The van der Waals surface area contributed by atoms with E-state index in [1.807, 2.05) is 0 Å². The van der Waals surface area contributed by atoms with Crippen molar-refractivity contribution in [2.75, 3.05) is 16.6 Å². The monoisotopic (exact) mass is 437 g/mol. The molecule has 0 aliphatic heterocycles. The van der Waals surface area contributed by atoms with E-state index >= 15 is 4.39 Å². The second-order valence-corrected chi connectivity index (χ2v) is 9.51. The molecule has 29 heavy (non-hydrogen) atoms. The number of benzene rings is 2. The van der Waals surface area contributed by atoms with Gasteiger partial charge in [-0.2, -0.15) is 0 Å². The quantitative estimate of drug-likeness (QED) is 0.373. The zero-order valence-corrected chi connectivity index (χ0v) is 17.3. The zero-order valence-electron chi connectivity index (χ0n) is 15.7. The minimum atomic E-state index is -0.785. The first-order valence-corrected chi connectivity index (χ1v) is 10.9. The molecule has 1 aromatic heterocycles. The van der Waals surface area contributed by atoms with Crippen LogP contribution in [0.5, 0.6) is 0 Å². The van der Waals surface area contributed by atoms with Crippen LogP contribution in [0.2, 0.25) is 0 Å². The molecule has 154 valence electrons. The van der Waals surface area contributed by atoms with Crippen LogP contribution in [0.15, 0.2) is 29.8 Å². The van der Waals surface area contributed by atoms with Gasteiger partial charge in [-0.15, -0.1) is 11.3 Å². The lowest BCUT2D eigenvalue weighted by Gasteiger charge is -2.20. The van der Waals surface area contributed by atoms with Gasteiger partial charge in [0.2, 0.25) is 0 Å². The van der Waals surface area contributed by atoms with Gasteiger partial charge in [-0.3, -0.25) is 0 Å². The van der Waals surface area contributed by atoms with Crippen molar-refractivity contribution in [1.29, 1.82) is 0 Å². The molecule has 0 spiro atoms. The third kappa shape index (κ3) is 4.32. The van der Waals surface area contributed by atoms with Crippen molar-refractivity contribution in [3.8, 4) is 0 Å². The highest BCUT2D eigenvalue weighted by atomic mass is 32.2. The number of aliphatic hydroxyl groups excluding tert-OH is 2. The molecule has 1 aliphatic rings. The Morgan fingerprint density at radius 1 is 1.28 bits per heavy atom. The van der Waals surface area contributed by atoms with E-state index in [1.165, 1.54) is 29.4 Å². The maximum absolute atomic E-state index is 15.2. The molecule has 3 aromatic rings. The van der Waals surface area contributed by atoms with E-state index in [0.29, 0.717) is 16.8 Å². The first kappa shape index (κ1) is 20.3. The zero-order chi connectivity index (χ0) is 20.6. The molecular weight excluding hydrogens is 416 g/mol. The van der Waals surface area contributed by atoms with E-state index in [4.69, 9.17) is 5.11 Å². The lowest BCUT2D eigenvalue weighted by Crippen LogP contribution is -2.21. The smallest absolute Gasteiger partial charge is 0.175 e. The molecule has 4 N–H and O–H groups in total. The predicted molar refractivity (Wildman–Crippen MR) is 115 cm³/mol. The Hall–Kier alpha value is -1.94. The number of fused-ring (bicyclic) bond motifs is 1. The molecule has 0 radical (unpaired) electrons. The fraction of sp³-hybridized carbons (Fsp3) is 0.350. The van der Waals surface area contributed by atoms with E-state index in [-0.39, 0.29) is 28.2 Å². The second-order valence-electron chi connectivity index (χ2n) is 7.35. The van der Waals surface area contributed by atoms with E-state index in [2.05, 4.69) is 15.0 Å². The highest BCUT2D eigenvalue weighted by Gasteiger charge is 2.45. The van der Waals surface area contributed by atoms with Crippen molar-refractivity contribution < 1.29 is 19.0 Å². The van der Waals surface area contributed by atoms with Gasteiger partial charge in [0.15, 0.2) is 5.82 Å². The maximum Gasteiger partial charge on any atom is 0.175 e. The number of hydrogen-bond donors (Lipinski definition) is 4. The van der Waals surface area contributed by atoms with Crippen molar-refractivity contribution in [2.45, 2.75) is 37.0 Å². The molecule has 1 unspecified atom stereocenters.